The van der Waals surface area contributed by atoms with Gasteiger partial charge in [0, 0.05) is 13.1 Å². The van der Waals surface area contributed by atoms with Crippen LogP contribution in [-0.2, 0) is 23.3 Å². The van der Waals surface area contributed by atoms with Gasteiger partial charge in [0.1, 0.15) is 0 Å². The number of hydrogen-bond acceptors (Lipinski definition) is 2. The Bertz CT molecular complexity index is 531. The molecule has 1 aliphatic heterocycles. The molecule has 1 aliphatic rings. The molecule has 3 heteroatoms. The second kappa shape index (κ2) is 5.80. The Hall–Kier alpha value is -1.35. The highest BCUT2D eigenvalue weighted by Gasteiger charge is 2.30. The number of rotatable bonds is 3. The summed E-state index contributed by atoms with van der Waals surface area (Å²) < 4.78 is 0. The van der Waals surface area contributed by atoms with E-state index in [0.29, 0.717) is 13.1 Å². The van der Waals surface area contributed by atoms with Crippen molar-refractivity contribution in [2.45, 2.75) is 65.6 Å². The van der Waals surface area contributed by atoms with Crippen molar-refractivity contribution in [1.29, 1.82) is 0 Å². The van der Waals surface area contributed by atoms with E-state index in [0.717, 1.165) is 6.42 Å². The Balaban J connectivity index is 2.14. The highest BCUT2D eigenvalue weighted by Crippen LogP contribution is 2.30. The van der Waals surface area contributed by atoms with Gasteiger partial charge in [-0.2, -0.15) is 0 Å². The van der Waals surface area contributed by atoms with Gasteiger partial charge in [-0.3, -0.25) is 4.79 Å². The van der Waals surface area contributed by atoms with Crippen LogP contribution in [0.5, 0.6) is 0 Å². The number of carbonyl (C=O) groups excluding carboxylic acids is 1. The minimum absolute atomic E-state index is 0.0814. The number of nitrogens with two attached hydrogens (primary N) is 1. The predicted octanol–water partition coefficient (Wildman–Crippen LogP) is 3.20. The molecule has 0 fully saturated rings. The molecule has 0 saturated heterocycles. The molecular weight excluding hydrogens is 260 g/mol. The molecular formula is C18H28N2O. The average Bonchev–Trinajstić information content (AvgIpc) is 2.86. The van der Waals surface area contributed by atoms with E-state index in [1.54, 1.807) is 0 Å². The molecule has 1 aromatic carbocycles. The molecule has 0 aromatic heterocycles. The van der Waals surface area contributed by atoms with Crippen LogP contribution in [0.1, 0.15) is 57.7 Å². The number of benzene rings is 1. The Kier molecular flexibility index (Phi) is 4.43. The van der Waals surface area contributed by atoms with Crippen LogP contribution in [0.25, 0.3) is 0 Å². The topological polar surface area (TPSA) is 46.3 Å². The minimum Gasteiger partial charge on any atom is -0.333 e. The van der Waals surface area contributed by atoms with Crippen molar-refractivity contribution in [3.8, 4) is 0 Å². The van der Waals surface area contributed by atoms with Crippen molar-refractivity contribution in [3.05, 3.63) is 34.9 Å². The maximum Gasteiger partial charge on any atom is 0.240 e. The lowest BCUT2D eigenvalue weighted by Crippen LogP contribution is -2.44. The van der Waals surface area contributed by atoms with Crippen LogP contribution in [0.15, 0.2) is 18.2 Å². The molecule has 0 saturated carbocycles. The monoisotopic (exact) mass is 288 g/mol. The van der Waals surface area contributed by atoms with Crippen LogP contribution >= 0.6 is 0 Å². The smallest absolute Gasteiger partial charge is 0.240 e. The van der Waals surface area contributed by atoms with Gasteiger partial charge in [0.25, 0.3) is 0 Å². The highest BCUT2D eigenvalue weighted by atomic mass is 16.2. The predicted molar refractivity (Wildman–Crippen MR) is 86.8 cm³/mol. The molecule has 0 radical (unpaired) electrons. The number of amides is 1. The summed E-state index contributed by atoms with van der Waals surface area (Å²) in [5, 5.41) is 0. The first-order valence-corrected chi connectivity index (χ1v) is 7.90. The van der Waals surface area contributed by atoms with Crippen molar-refractivity contribution in [3.63, 3.8) is 0 Å². The third kappa shape index (κ3) is 3.29. The molecule has 0 unspecified atom stereocenters. The standard InChI is InChI=1S/C18H28N2O/c1-6-12(2)16(19)17(21)20-10-13-7-8-15(18(3,4)5)9-14(13)11-20/h7-9,12,16H,6,10-11,19H2,1-5H3/t12-,16-/m0/s1. The minimum atomic E-state index is -0.383. The Morgan fingerprint density at radius 3 is 2.48 bits per heavy atom. The van der Waals surface area contributed by atoms with Crippen LogP contribution in [0.2, 0.25) is 0 Å². The number of nitrogens with zero attached hydrogens (tertiary/aromatic N) is 1. The summed E-state index contributed by atoms with van der Waals surface area (Å²) in [6, 6.07) is 6.21. The zero-order valence-corrected chi connectivity index (χ0v) is 13.9. The van der Waals surface area contributed by atoms with Gasteiger partial charge in [-0.25, -0.2) is 0 Å². The van der Waals surface area contributed by atoms with E-state index < -0.39 is 0 Å². The fraction of sp³-hybridized carbons (Fsp3) is 0.611. The maximum atomic E-state index is 12.5. The summed E-state index contributed by atoms with van der Waals surface area (Å²) in [4.78, 5) is 14.4. The largest absolute Gasteiger partial charge is 0.333 e. The van der Waals surface area contributed by atoms with E-state index in [-0.39, 0.29) is 23.3 Å². The van der Waals surface area contributed by atoms with E-state index >= 15 is 0 Å². The lowest BCUT2D eigenvalue weighted by atomic mass is 9.85. The van der Waals surface area contributed by atoms with Crippen LogP contribution in [-0.4, -0.2) is 16.8 Å². The quantitative estimate of drug-likeness (QED) is 0.928. The van der Waals surface area contributed by atoms with Crippen molar-refractivity contribution >= 4 is 5.91 Å². The Morgan fingerprint density at radius 2 is 1.90 bits per heavy atom. The Labute approximate surface area is 128 Å². The molecule has 1 amide bonds. The molecule has 0 spiro atoms. The fourth-order valence-electron chi connectivity index (χ4n) is 2.73. The first-order valence-electron chi connectivity index (χ1n) is 7.90. The summed E-state index contributed by atoms with van der Waals surface area (Å²) >= 11 is 0. The summed E-state index contributed by atoms with van der Waals surface area (Å²) in [5.74, 6) is 0.309. The van der Waals surface area contributed by atoms with Gasteiger partial charge < -0.3 is 10.6 Å². The van der Waals surface area contributed by atoms with Crippen molar-refractivity contribution in [2.24, 2.45) is 11.7 Å². The van der Waals surface area contributed by atoms with Crippen molar-refractivity contribution in [2.75, 3.05) is 0 Å². The van der Waals surface area contributed by atoms with Crippen molar-refractivity contribution in [1.82, 2.24) is 4.90 Å². The van der Waals surface area contributed by atoms with E-state index in [9.17, 15) is 4.79 Å². The van der Waals surface area contributed by atoms with E-state index in [4.69, 9.17) is 5.73 Å². The second-order valence-corrected chi connectivity index (χ2v) is 7.34. The van der Waals surface area contributed by atoms with Gasteiger partial charge in [0.15, 0.2) is 0 Å². The lowest BCUT2D eigenvalue weighted by Gasteiger charge is -2.24. The molecule has 3 nitrogen and oxygen atoms in total. The number of hydrogen-bond donors (Lipinski definition) is 1. The van der Waals surface area contributed by atoms with E-state index in [1.807, 2.05) is 11.8 Å². The SMILES string of the molecule is CC[C@H](C)[C@H](N)C(=O)N1Cc2ccc(C(C)(C)C)cc2C1. The van der Waals surface area contributed by atoms with E-state index in [1.165, 1.54) is 16.7 Å². The van der Waals surface area contributed by atoms with Gasteiger partial charge >= 0.3 is 0 Å². The average molecular weight is 288 g/mol. The molecule has 116 valence electrons. The zero-order valence-electron chi connectivity index (χ0n) is 13.9. The summed E-state index contributed by atoms with van der Waals surface area (Å²) in [6.45, 7) is 12.2. The van der Waals surface area contributed by atoms with Crippen LogP contribution in [0, 0.1) is 5.92 Å². The first kappa shape index (κ1) is 16.0. The van der Waals surface area contributed by atoms with Crippen molar-refractivity contribution < 1.29 is 4.79 Å². The second-order valence-electron chi connectivity index (χ2n) is 7.34. The Morgan fingerprint density at radius 1 is 1.29 bits per heavy atom. The first-order chi connectivity index (χ1) is 9.74. The highest BCUT2D eigenvalue weighted by molar-refractivity contribution is 5.82. The van der Waals surface area contributed by atoms with Gasteiger partial charge in [0.2, 0.25) is 5.91 Å². The molecule has 0 bridgehead atoms. The number of carbonyl (C=O) groups is 1. The van der Waals surface area contributed by atoms with Crippen LogP contribution in [0.4, 0.5) is 0 Å². The van der Waals surface area contributed by atoms with Gasteiger partial charge in [0.05, 0.1) is 6.04 Å². The molecule has 21 heavy (non-hydrogen) atoms. The normalized spacial score (nSPS) is 17.5. The third-order valence-corrected chi connectivity index (χ3v) is 4.65. The fourth-order valence-corrected chi connectivity index (χ4v) is 2.73. The number of fused-ring (bicyclic) bond motifs is 1. The van der Waals surface area contributed by atoms with Crippen LogP contribution < -0.4 is 5.73 Å². The molecule has 1 heterocycles. The van der Waals surface area contributed by atoms with Gasteiger partial charge in [-0.1, -0.05) is 59.2 Å². The summed E-state index contributed by atoms with van der Waals surface area (Å²) in [7, 11) is 0. The summed E-state index contributed by atoms with van der Waals surface area (Å²) in [5.41, 5.74) is 10.1. The molecule has 0 aliphatic carbocycles. The van der Waals surface area contributed by atoms with E-state index in [2.05, 4.69) is 45.9 Å². The summed E-state index contributed by atoms with van der Waals surface area (Å²) in [6.07, 6.45) is 0.932. The lowest BCUT2D eigenvalue weighted by molar-refractivity contribution is -0.134. The zero-order chi connectivity index (χ0) is 15.8. The maximum absolute atomic E-state index is 12.5. The van der Waals surface area contributed by atoms with Gasteiger partial charge in [-0.05, 0) is 28.0 Å². The molecule has 1 aromatic rings. The van der Waals surface area contributed by atoms with Gasteiger partial charge in [-0.15, -0.1) is 0 Å². The molecule has 2 rings (SSSR count). The molecule has 2 N–H and O–H groups in total. The third-order valence-electron chi connectivity index (χ3n) is 4.65. The van der Waals surface area contributed by atoms with Crippen LogP contribution in [0.3, 0.4) is 0 Å². The molecule has 2 atom stereocenters.